The summed E-state index contributed by atoms with van der Waals surface area (Å²) in [7, 11) is 0. The molecule has 0 saturated heterocycles. The second-order valence-corrected chi connectivity index (χ2v) is 9.00. The number of ether oxygens (including phenoxy) is 2. The number of amides is 2. The molecular weight excluding hydrogens is 460 g/mol. The van der Waals surface area contributed by atoms with E-state index in [1.54, 1.807) is 13.8 Å². The highest BCUT2D eigenvalue weighted by Crippen LogP contribution is 2.16. The number of unbranched alkanes of at least 4 members (excludes halogenated alkanes) is 8. The van der Waals surface area contributed by atoms with Crippen LogP contribution in [0.2, 0.25) is 0 Å². The van der Waals surface area contributed by atoms with Crippen molar-refractivity contribution in [2.24, 2.45) is 5.92 Å². The number of carbonyl (C=O) groups excluding carboxylic acids is 4. The fraction of sp³-hybridized carbons (Fsp3) is 0.786. The van der Waals surface area contributed by atoms with E-state index in [0.29, 0.717) is 31.7 Å². The summed E-state index contributed by atoms with van der Waals surface area (Å²) < 4.78 is 9.87. The Morgan fingerprint density at radius 2 is 1.33 bits per heavy atom. The highest BCUT2D eigenvalue weighted by molar-refractivity contribution is 5.91. The maximum Gasteiger partial charge on any atom is 0.354 e. The molecule has 0 saturated carbocycles. The minimum absolute atomic E-state index is 0.121. The molecule has 0 heterocycles. The van der Waals surface area contributed by atoms with E-state index >= 15 is 0 Å². The topological polar surface area (TPSA) is 111 Å². The Kier molecular flexibility index (Phi) is 25.5. The standard InChI is InChI=1S/C14H27NO3.C14H25NO3/c2*1-4-6-7-8-9-10-12(3)13(15-11-16)14(17)18-5-2/h11-13H,4-10H2,1-3H3,(H,15,16);11H,4-10H2,1-3H3,(H,15,16)/b;13-12+. The van der Waals surface area contributed by atoms with Crippen molar-refractivity contribution >= 4 is 24.8 Å². The largest absolute Gasteiger partial charge is 0.464 e. The first-order valence-electron chi connectivity index (χ1n) is 13.8. The van der Waals surface area contributed by atoms with Crippen LogP contribution in [0.5, 0.6) is 0 Å². The monoisotopic (exact) mass is 512 g/mol. The van der Waals surface area contributed by atoms with Crippen LogP contribution in [0, 0.1) is 5.92 Å². The van der Waals surface area contributed by atoms with E-state index in [9.17, 15) is 19.2 Å². The summed E-state index contributed by atoms with van der Waals surface area (Å²) in [5.41, 5.74) is 1.18. The van der Waals surface area contributed by atoms with E-state index < -0.39 is 12.0 Å². The Bertz CT molecular complexity index is 621. The van der Waals surface area contributed by atoms with Gasteiger partial charge in [-0.15, -0.1) is 0 Å². The molecule has 0 aromatic heterocycles. The van der Waals surface area contributed by atoms with Gasteiger partial charge in [0.15, 0.2) is 0 Å². The summed E-state index contributed by atoms with van der Waals surface area (Å²) >= 11 is 0. The number of rotatable bonds is 21. The first-order valence-corrected chi connectivity index (χ1v) is 13.8. The highest BCUT2D eigenvalue weighted by atomic mass is 16.5. The van der Waals surface area contributed by atoms with Gasteiger partial charge in [0.2, 0.25) is 12.8 Å². The molecule has 0 aromatic rings. The lowest BCUT2D eigenvalue weighted by Gasteiger charge is -2.21. The molecule has 0 aliphatic rings. The molecule has 2 atom stereocenters. The molecule has 2 unspecified atom stereocenters. The minimum atomic E-state index is -0.506. The Labute approximate surface area is 219 Å². The summed E-state index contributed by atoms with van der Waals surface area (Å²) in [4.78, 5) is 44.3. The zero-order chi connectivity index (χ0) is 27.6. The number of esters is 2. The van der Waals surface area contributed by atoms with E-state index in [2.05, 4.69) is 24.5 Å². The molecule has 0 aromatic carbocycles. The SMILES string of the molecule is CCCCCCC/C(C)=C(/NC=O)C(=O)OCC.CCCCCCCC(C)C(NC=O)C(=O)OCC. The molecule has 210 valence electrons. The summed E-state index contributed by atoms with van der Waals surface area (Å²) in [6, 6.07) is -0.506. The van der Waals surface area contributed by atoms with Gasteiger partial charge in [-0.25, -0.2) is 9.59 Å². The lowest BCUT2D eigenvalue weighted by molar-refractivity contribution is -0.148. The van der Waals surface area contributed by atoms with Crippen molar-refractivity contribution in [1.82, 2.24) is 10.6 Å². The summed E-state index contributed by atoms with van der Waals surface area (Å²) in [5, 5.41) is 5.01. The second-order valence-electron chi connectivity index (χ2n) is 9.00. The lowest BCUT2D eigenvalue weighted by Crippen LogP contribution is -2.42. The third-order valence-corrected chi connectivity index (χ3v) is 5.89. The van der Waals surface area contributed by atoms with Gasteiger partial charge in [0.1, 0.15) is 11.7 Å². The number of nitrogens with one attached hydrogen (secondary N) is 2. The van der Waals surface area contributed by atoms with Crippen LogP contribution in [-0.4, -0.2) is 44.0 Å². The van der Waals surface area contributed by atoms with Gasteiger partial charge >= 0.3 is 11.9 Å². The summed E-state index contributed by atoms with van der Waals surface area (Å²) in [6.07, 6.45) is 14.8. The van der Waals surface area contributed by atoms with E-state index in [-0.39, 0.29) is 11.9 Å². The van der Waals surface area contributed by atoms with Crippen LogP contribution in [0.1, 0.15) is 119 Å². The van der Waals surface area contributed by atoms with Crippen LogP contribution in [0.3, 0.4) is 0 Å². The van der Waals surface area contributed by atoms with E-state index in [4.69, 9.17) is 9.47 Å². The Hall–Kier alpha value is -2.38. The molecule has 0 radical (unpaired) electrons. The Morgan fingerprint density at radius 1 is 0.778 bits per heavy atom. The average Bonchev–Trinajstić information content (AvgIpc) is 2.85. The zero-order valence-electron chi connectivity index (χ0n) is 23.7. The third-order valence-electron chi connectivity index (χ3n) is 5.89. The van der Waals surface area contributed by atoms with E-state index in [1.165, 1.54) is 44.9 Å². The van der Waals surface area contributed by atoms with Crippen LogP contribution >= 0.6 is 0 Å². The molecule has 2 N–H and O–H groups in total. The van der Waals surface area contributed by atoms with Gasteiger partial charge in [-0.3, -0.25) is 9.59 Å². The highest BCUT2D eigenvalue weighted by Gasteiger charge is 2.25. The van der Waals surface area contributed by atoms with Crippen LogP contribution in [-0.2, 0) is 28.7 Å². The van der Waals surface area contributed by atoms with Crippen molar-refractivity contribution in [3.63, 3.8) is 0 Å². The average molecular weight is 513 g/mol. The Balaban J connectivity index is 0. The molecule has 0 aliphatic heterocycles. The van der Waals surface area contributed by atoms with Crippen molar-refractivity contribution in [3.05, 3.63) is 11.3 Å². The molecule has 8 nitrogen and oxygen atoms in total. The van der Waals surface area contributed by atoms with E-state index in [0.717, 1.165) is 37.7 Å². The van der Waals surface area contributed by atoms with Gasteiger partial charge in [-0.2, -0.15) is 0 Å². The minimum Gasteiger partial charge on any atom is -0.464 e. The quantitative estimate of drug-likeness (QED) is 0.0897. The van der Waals surface area contributed by atoms with Crippen molar-refractivity contribution < 1.29 is 28.7 Å². The predicted molar refractivity (Wildman–Crippen MR) is 144 cm³/mol. The maximum absolute atomic E-state index is 11.7. The fourth-order valence-electron chi connectivity index (χ4n) is 3.74. The number of hydrogen-bond acceptors (Lipinski definition) is 6. The molecule has 0 bridgehead atoms. The first-order chi connectivity index (χ1) is 17.3. The van der Waals surface area contributed by atoms with Crippen LogP contribution in [0.15, 0.2) is 11.3 Å². The molecule has 0 aliphatic carbocycles. The summed E-state index contributed by atoms with van der Waals surface area (Å²) in [6.45, 7) is 12.4. The van der Waals surface area contributed by atoms with Crippen molar-refractivity contribution in [3.8, 4) is 0 Å². The van der Waals surface area contributed by atoms with Crippen molar-refractivity contribution in [2.45, 2.75) is 125 Å². The van der Waals surface area contributed by atoms with Gasteiger partial charge in [-0.05, 0) is 51.5 Å². The number of carbonyl (C=O) groups is 4. The first kappa shape index (κ1) is 35.8. The zero-order valence-corrected chi connectivity index (χ0v) is 23.7. The van der Waals surface area contributed by atoms with Crippen LogP contribution in [0.4, 0.5) is 0 Å². The van der Waals surface area contributed by atoms with Gasteiger partial charge in [0.05, 0.1) is 13.2 Å². The molecular formula is C28H52N2O6. The predicted octanol–water partition coefficient (Wildman–Crippen LogP) is 5.59. The normalized spacial score (nSPS) is 12.7. The molecule has 0 rings (SSSR count). The van der Waals surface area contributed by atoms with Crippen LogP contribution in [0.25, 0.3) is 0 Å². The molecule has 0 spiro atoms. The lowest BCUT2D eigenvalue weighted by atomic mass is 9.95. The maximum atomic E-state index is 11.7. The van der Waals surface area contributed by atoms with Gasteiger partial charge < -0.3 is 20.1 Å². The van der Waals surface area contributed by atoms with Gasteiger partial charge in [-0.1, -0.05) is 78.6 Å². The van der Waals surface area contributed by atoms with Crippen LogP contribution < -0.4 is 10.6 Å². The summed E-state index contributed by atoms with van der Waals surface area (Å²) in [5.74, 6) is -0.655. The fourth-order valence-corrected chi connectivity index (χ4v) is 3.74. The molecule has 36 heavy (non-hydrogen) atoms. The molecule has 8 heteroatoms. The second kappa shape index (κ2) is 25.7. The van der Waals surface area contributed by atoms with Gasteiger partial charge in [0, 0.05) is 0 Å². The third kappa shape index (κ3) is 18.9. The number of hydrogen-bond donors (Lipinski definition) is 2. The number of allylic oxidation sites excluding steroid dienone is 1. The molecule has 2 amide bonds. The van der Waals surface area contributed by atoms with E-state index in [1.807, 2.05) is 13.8 Å². The van der Waals surface area contributed by atoms with Gasteiger partial charge in [0.25, 0.3) is 0 Å². The Morgan fingerprint density at radius 3 is 1.83 bits per heavy atom. The molecule has 0 fully saturated rings. The smallest absolute Gasteiger partial charge is 0.354 e. The van der Waals surface area contributed by atoms with Crippen molar-refractivity contribution in [1.29, 1.82) is 0 Å². The van der Waals surface area contributed by atoms with Crippen molar-refractivity contribution in [2.75, 3.05) is 13.2 Å².